The molecule has 1 heterocycles. The van der Waals surface area contributed by atoms with Gasteiger partial charge in [-0.2, -0.15) is 5.10 Å². The highest BCUT2D eigenvalue weighted by molar-refractivity contribution is 5.94. The molecule has 0 saturated heterocycles. The number of aromatic nitrogens is 2. The van der Waals surface area contributed by atoms with Gasteiger partial charge in [0, 0.05) is 23.7 Å². The fourth-order valence-electron chi connectivity index (χ4n) is 3.47. The molecule has 4 aromatic rings. The molecular weight excluding hydrogens is 414 g/mol. The van der Waals surface area contributed by atoms with Crippen molar-refractivity contribution in [3.8, 4) is 28.1 Å². The Kier molecular flexibility index (Phi) is 6.95. The summed E-state index contributed by atoms with van der Waals surface area (Å²) < 4.78 is 6.83. The summed E-state index contributed by atoms with van der Waals surface area (Å²) in [6.45, 7) is 3.10. The molecule has 0 bridgehead atoms. The minimum absolute atomic E-state index is 0.190. The second kappa shape index (κ2) is 10.4. The van der Waals surface area contributed by atoms with Crippen molar-refractivity contribution in [2.24, 2.45) is 0 Å². The van der Waals surface area contributed by atoms with Crippen LogP contribution in [-0.2, 0) is 6.54 Å². The van der Waals surface area contributed by atoms with Crippen molar-refractivity contribution >= 4 is 5.91 Å². The van der Waals surface area contributed by atoms with E-state index in [4.69, 9.17) is 4.74 Å². The molecule has 1 amide bonds. The zero-order valence-electron chi connectivity index (χ0n) is 18.4. The second-order valence-corrected chi connectivity index (χ2v) is 7.44. The number of carbonyl (C=O) groups is 1. The first-order valence-electron chi connectivity index (χ1n) is 10.9. The van der Waals surface area contributed by atoms with Crippen molar-refractivity contribution in [2.75, 3.05) is 13.2 Å². The van der Waals surface area contributed by atoms with Gasteiger partial charge >= 0.3 is 0 Å². The second-order valence-electron chi connectivity index (χ2n) is 7.44. The number of ether oxygens (including phenoxy) is 1. The molecule has 0 saturated carbocycles. The van der Waals surface area contributed by atoms with Gasteiger partial charge in [0.25, 0.3) is 11.5 Å². The molecule has 0 aliphatic carbocycles. The fraction of sp³-hybridized carbons (Fsp3) is 0.148. The van der Waals surface area contributed by atoms with Gasteiger partial charge in [-0.15, -0.1) is 0 Å². The van der Waals surface area contributed by atoms with Crippen LogP contribution in [0.15, 0.2) is 95.8 Å². The molecule has 0 atom stereocenters. The van der Waals surface area contributed by atoms with Crippen molar-refractivity contribution in [1.29, 1.82) is 0 Å². The van der Waals surface area contributed by atoms with Crippen LogP contribution in [0.5, 0.6) is 5.75 Å². The molecule has 0 aliphatic heterocycles. The molecule has 0 spiro atoms. The largest absolute Gasteiger partial charge is 0.494 e. The summed E-state index contributed by atoms with van der Waals surface area (Å²) in [5, 5.41) is 7.30. The van der Waals surface area contributed by atoms with Crippen molar-refractivity contribution in [3.63, 3.8) is 0 Å². The Labute approximate surface area is 192 Å². The SMILES string of the molecule is CCOc1ccc(-c2ccc(=O)n(CCNC(=O)c3ccc(-c4ccccc4)cc3)n2)cc1. The van der Waals surface area contributed by atoms with Crippen LogP contribution in [0.2, 0.25) is 0 Å². The molecule has 0 unspecified atom stereocenters. The Morgan fingerprint density at radius 2 is 1.52 bits per heavy atom. The van der Waals surface area contributed by atoms with Gasteiger partial charge in [-0.05, 0) is 60.5 Å². The molecular formula is C27H25N3O3. The third-order valence-corrected chi connectivity index (χ3v) is 5.19. The Bertz CT molecular complexity index is 1260. The third kappa shape index (κ3) is 5.54. The van der Waals surface area contributed by atoms with E-state index < -0.39 is 0 Å². The highest BCUT2D eigenvalue weighted by atomic mass is 16.5. The van der Waals surface area contributed by atoms with Gasteiger partial charge in [0.2, 0.25) is 0 Å². The maximum Gasteiger partial charge on any atom is 0.266 e. The predicted molar refractivity (Wildman–Crippen MR) is 129 cm³/mol. The quantitative estimate of drug-likeness (QED) is 0.442. The van der Waals surface area contributed by atoms with E-state index >= 15 is 0 Å². The monoisotopic (exact) mass is 439 g/mol. The Morgan fingerprint density at radius 3 is 2.21 bits per heavy atom. The van der Waals surface area contributed by atoms with Crippen LogP contribution in [0.1, 0.15) is 17.3 Å². The highest BCUT2D eigenvalue weighted by Gasteiger charge is 2.08. The number of hydrogen-bond acceptors (Lipinski definition) is 4. The van der Waals surface area contributed by atoms with Crippen LogP contribution < -0.4 is 15.6 Å². The van der Waals surface area contributed by atoms with E-state index in [9.17, 15) is 9.59 Å². The maximum absolute atomic E-state index is 12.5. The summed E-state index contributed by atoms with van der Waals surface area (Å²) in [4.78, 5) is 24.7. The number of benzene rings is 3. The van der Waals surface area contributed by atoms with Gasteiger partial charge in [0.15, 0.2) is 0 Å². The average molecular weight is 440 g/mol. The van der Waals surface area contributed by atoms with E-state index in [-0.39, 0.29) is 18.0 Å². The molecule has 3 aromatic carbocycles. The zero-order valence-corrected chi connectivity index (χ0v) is 18.4. The van der Waals surface area contributed by atoms with E-state index in [1.54, 1.807) is 18.2 Å². The number of amides is 1. The van der Waals surface area contributed by atoms with Gasteiger partial charge in [-0.1, -0.05) is 42.5 Å². The Morgan fingerprint density at radius 1 is 0.848 bits per heavy atom. The first kappa shape index (κ1) is 22.0. The van der Waals surface area contributed by atoms with Crippen LogP contribution in [0.4, 0.5) is 0 Å². The molecule has 33 heavy (non-hydrogen) atoms. The lowest BCUT2D eigenvalue weighted by Crippen LogP contribution is -2.31. The molecule has 4 rings (SSSR count). The van der Waals surface area contributed by atoms with Crippen LogP contribution >= 0.6 is 0 Å². The predicted octanol–water partition coefficient (Wildman–Crippen LogP) is 4.41. The van der Waals surface area contributed by atoms with Gasteiger partial charge in [0.1, 0.15) is 5.75 Å². The van der Waals surface area contributed by atoms with Crippen LogP contribution in [0.25, 0.3) is 22.4 Å². The van der Waals surface area contributed by atoms with Crippen molar-refractivity contribution in [1.82, 2.24) is 15.1 Å². The Hall–Kier alpha value is -4.19. The smallest absolute Gasteiger partial charge is 0.266 e. The number of rotatable bonds is 8. The number of hydrogen-bond donors (Lipinski definition) is 1. The minimum Gasteiger partial charge on any atom is -0.494 e. The van der Waals surface area contributed by atoms with Crippen LogP contribution in [-0.4, -0.2) is 28.8 Å². The fourth-order valence-corrected chi connectivity index (χ4v) is 3.47. The Balaban J connectivity index is 1.37. The zero-order chi connectivity index (χ0) is 23.0. The lowest BCUT2D eigenvalue weighted by Gasteiger charge is -2.10. The molecule has 0 fully saturated rings. The molecule has 6 nitrogen and oxygen atoms in total. The summed E-state index contributed by atoms with van der Waals surface area (Å²) in [6.07, 6.45) is 0. The summed E-state index contributed by atoms with van der Waals surface area (Å²) >= 11 is 0. The third-order valence-electron chi connectivity index (χ3n) is 5.19. The summed E-state index contributed by atoms with van der Waals surface area (Å²) in [5.74, 6) is 0.597. The maximum atomic E-state index is 12.5. The summed E-state index contributed by atoms with van der Waals surface area (Å²) in [6, 6.07) is 28.2. The summed E-state index contributed by atoms with van der Waals surface area (Å²) in [5.41, 5.74) is 4.07. The molecule has 6 heteroatoms. The first-order valence-corrected chi connectivity index (χ1v) is 10.9. The van der Waals surface area contributed by atoms with E-state index in [1.165, 1.54) is 10.7 Å². The number of carbonyl (C=O) groups excluding carboxylic acids is 1. The van der Waals surface area contributed by atoms with Crippen LogP contribution in [0.3, 0.4) is 0 Å². The van der Waals surface area contributed by atoms with Crippen molar-refractivity contribution in [3.05, 3.63) is 107 Å². The molecule has 0 radical (unpaired) electrons. The van der Waals surface area contributed by atoms with E-state index in [0.717, 1.165) is 22.4 Å². The summed E-state index contributed by atoms with van der Waals surface area (Å²) in [7, 11) is 0. The lowest BCUT2D eigenvalue weighted by molar-refractivity contribution is 0.0952. The molecule has 1 aromatic heterocycles. The minimum atomic E-state index is -0.217. The van der Waals surface area contributed by atoms with Gasteiger partial charge in [-0.25, -0.2) is 4.68 Å². The normalized spacial score (nSPS) is 10.6. The van der Waals surface area contributed by atoms with E-state index in [0.29, 0.717) is 24.4 Å². The van der Waals surface area contributed by atoms with Gasteiger partial charge < -0.3 is 10.1 Å². The number of nitrogens with zero attached hydrogens (tertiary/aromatic N) is 2. The topological polar surface area (TPSA) is 73.2 Å². The van der Waals surface area contributed by atoms with Crippen molar-refractivity contribution < 1.29 is 9.53 Å². The van der Waals surface area contributed by atoms with Crippen molar-refractivity contribution in [2.45, 2.75) is 13.5 Å². The standard InChI is InChI=1S/C27H25N3O3/c1-2-33-24-14-12-22(13-15-24)25-16-17-26(31)30(29-25)19-18-28-27(32)23-10-8-21(9-11-23)20-6-4-3-5-7-20/h3-17H,2,18-19H2,1H3,(H,28,32). The number of nitrogens with one attached hydrogen (secondary N) is 1. The van der Waals surface area contributed by atoms with Gasteiger partial charge in [-0.3, -0.25) is 9.59 Å². The van der Waals surface area contributed by atoms with E-state index in [2.05, 4.69) is 10.4 Å². The molecule has 0 aliphatic rings. The lowest BCUT2D eigenvalue weighted by atomic mass is 10.0. The highest BCUT2D eigenvalue weighted by Crippen LogP contribution is 2.20. The van der Waals surface area contributed by atoms with E-state index in [1.807, 2.05) is 73.7 Å². The van der Waals surface area contributed by atoms with Crippen LogP contribution in [0, 0.1) is 0 Å². The molecule has 166 valence electrons. The molecule has 1 N–H and O–H groups in total. The first-order chi connectivity index (χ1) is 16.1. The average Bonchev–Trinajstić information content (AvgIpc) is 2.86. The van der Waals surface area contributed by atoms with Gasteiger partial charge in [0.05, 0.1) is 18.8 Å².